The van der Waals surface area contributed by atoms with Gasteiger partial charge >= 0.3 is 12.0 Å². The second-order valence-electron chi connectivity index (χ2n) is 6.39. The van der Waals surface area contributed by atoms with Crippen molar-refractivity contribution < 1.29 is 23.9 Å². The van der Waals surface area contributed by atoms with Gasteiger partial charge in [0, 0.05) is 31.9 Å². The van der Waals surface area contributed by atoms with Crippen LogP contribution in [0.1, 0.15) is 23.7 Å². The Balaban J connectivity index is 1.85. The van der Waals surface area contributed by atoms with Crippen molar-refractivity contribution in [3.8, 4) is 0 Å². The van der Waals surface area contributed by atoms with E-state index in [4.69, 9.17) is 0 Å². The number of nitrogens with one attached hydrogen (secondary N) is 1. The molecule has 24 heavy (non-hydrogen) atoms. The Morgan fingerprint density at radius 3 is 2.67 bits per heavy atom. The Labute approximate surface area is 138 Å². The number of carboxylic acid groups (broad SMARTS) is 1. The average Bonchev–Trinajstić information content (AvgIpc) is 3.14. The van der Waals surface area contributed by atoms with Gasteiger partial charge in [0.05, 0.1) is 11.0 Å². The fourth-order valence-electron chi connectivity index (χ4n) is 3.04. The highest BCUT2D eigenvalue weighted by Gasteiger charge is 2.42. The molecule has 1 aromatic carbocycles. The van der Waals surface area contributed by atoms with Gasteiger partial charge in [-0.05, 0) is 31.5 Å². The van der Waals surface area contributed by atoms with Crippen molar-refractivity contribution in [2.75, 3.05) is 31.1 Å². The maximum absolute atomic E-state index is 14.1. The van der Waals surface area contributed by atoms with Crippen LogP contribution in [0.2, 0.25) is 0 Å². The lowest BCUT2D eigenvalue weighted by Crippen LogP contribution is -2.35. The van der Waals surface area contributed by atoms with Crippen molar-refractivity contribution >= 4 is 23.6 Å². The quantitative estimate of drug-likeness (QED) is 0.871. The molecule has 3 rings (SSSR count). The van der Waals surface area contributed by atoms with E-state index < -0.39 is 23.1 Å². The third kappa shape index (κ3) is 2.68. The molecule has 3 amide bonds. The lowest BCUT2D eigenvalue weighted by Gasteiger charge is -2.21. The number of carbonyl (C=O) groups excluding carboxylic acids is 2. The van der Waals surface area contributed by atoms with Crippen LogP contribution in [0.15, 0.2) is 18.2 Å². The van der Waals surface area contributed by atoms with E-state index in [1.807, 2.05) is 0 Å². The third-order valence-corrected chi connectivity index (χ3v) is 4.63. The maximum atomic E-state index is 14.1. The second kappa shape index (κ2) is 5.77. The molecule has 0 aromatic heterocycles. The highest BCUT2D eigenvalue weighted by molar-refractivity contribution is 5.99. The normalized spacial score (nSPS) is 23.5. The smallest absolute Gasteiger partial charge is 0.321 e. The number of aliphatic carboxylic acids is 1. The molecule has 2 saturated heterocycles. The molecule has 1 atom stereocenters. The van der Waals surface area contributed by atoms with Gasteiger partial charge in [0.25, 0.3) is 5.91 Å². The molecule has 1 aromatic rings. The lowest BCUT2D eigenvalue weighted by molar-refractivity contribution is -0.147. The minimum absolute atomic E-state index is 0.0367. The molecule has 2 heterocycles. The van der Waals surface area contributed by atoms with Crippen LogP contribution >= 0.6 is 0 Å². The van der Waals surface area contributed by atoms with Crippen LogP contribution < -0.4 is 10.2 Å². The van der Waals surface area contributed by atoms with Gasteiger partial charge in [0.2, 0.25) is 0 Å². The third-order valence-electron chi connectivity index (χ3n) is 4.63. The number of likely N-dealkylation sites (tertiary alicyclic amines) is 1. The zero-order valence-electron chi connectivity index (χ0n) is 13.2. The lowest BCUT2D eigenvalue weighted by atomic mass is 9.90. The molecule has 0 radical (unpaired) electrons. The van der Waals surface area contributed by atoms with E-state index >= 15 is 0 Å². The standard InChI is InChI=1S/C16H18FN3O4/c1-16(14(22)23)4-6-19(9-16)13(21)11-8-10(2-3-12(11)17)20-7-5-18-15(20)24/h2-3,8H,4-7,9H2,1H3,(H,18,24)(H,22,23). The Morgan fingerprint density at radius 2 is 2.08 bits per heavy atom. The molecule has 128 valence electrons. The van der Waals surface area contributed by atoms with Crippen molar-refractivity contribution in [3.05, 3.63) is 29.6 Å². The first-order chi connectivity index (χ1) is 11.3. The Morgan fingerprint density at radius 1 is 1.33 bits per heavy atom. The second-order valence-corrected chi connectivity index (χ2v) is 6.39. The molecule has 0 saturated carbocycles. The molecule has 2 N–H and O–H groups in total. The summed E-state index contributed by atoms with van der Waals surface area (Å²) in [6.45, 7) is 2.80. The van der Waals surface area contributed by atoms with Gasteiger partial charge in [-0.3, -0.25) is 14.5 Å². The molecule has 0 aliphatic carbocycles. The number of carboxylic acids is 1. The minimum atomic E-state index is -1.02. The molecule has 2 aliphatic rings. The molecule has 7 nitrogen and oxygen atoms in total. The zero-order valence-corrected chi connectivity index (χ0v) is 13.2. The van der Waals surface area contributed by atoms with E-state index in [2.05, 4.69) is 5.32 Å². The summed E-state index contributed by atoms with van der Waals surface area (Å²) in [4.78, 5) is 38.4. The number of halogens is 1. The van der Waals surface area contributed by atoms with Gasteiger partial charge in [-0.2, -0.15) is 0 Å². The monoisotopic (exact) mass is 335 g/mol. The molecular weight excluding hydrogens is 317 g/mol. The summed E-state index contributed by atoms with van der Waals surface area (Å²) in [5.41, 5.74) is -0.727. The van der Waals surface area contributed by atoms with Gasteiger partial charge in [0.1, 0.15) is 5.82 Å². The number of carbonyl (C=O) groups is 3. The van der Waals surface area contributed by atoms with Crippen LogP contribution in [0.25, 0.3) is 0 Å². The molecular formula is C16H18FN3O4. The van der Waals surface area contributed by atoms with Crippen molar-refractivity contribution in [2.24, 2.45) is 5.41 Å². The number of nitrogens with zero attached hydrogens (tertiary/aromatic N) is 2. The van der Waals surface area contributed by atoms with Crippen molar-refractivity contribution in [1.82, 2.24) is 10.2 Å². The topological polar surface area (TPSA) is 89.9 Å². The molecule has 0 spiro atoms. The first-order valence-corrected chi connectivity index (χ1v) is 7.69. The maximum Gasteiger partial charge on any atom is 0.321 e. The van der Waals surface area contributed by atoms with Crippen molar-refractivity contribution in [2.45, 2.75) is 13.3 Å². The summed E-state index contributed by atoms with van der Waals surface area (Å²) in [6.07, 6.45) is 0.323. The number of benzene rings is 1. The van der Waals surface area contributed by atoms with Crippen molar-refractivity contribution in [3.63, 3.8) is 0 Å². The van der Waals surface area contributed by atoms with E-state index in [9.17, 15) is 23.9 Å². The van der Waals surface area contributed by atoms with E-state index in [0.29, 0.717) is 25.2 Å². The predicted octanol–water partition coefficient (Wildman–Crippen LogP) is 1.29. The highest BCUT2D eigenvalue weighted by atomic mass is 19.1. The van der Waals surface area contributed by atoms with E-state index in [1.54, 1.807) is 6.92 Å². The fraction of sp³-hybridized carbons (Fsp3) is 0.438. The number of amides is 3. The number of hydrogen-bond acceptors (Lipinski definition) is 3. The summed E-state index contributed by atoms with van der Waals surface area (Å²) < 4.78 is 14.1. The predicted molar refractivity (Wildman–Crippen MR) is 83.4 cm³/mol. The van der Waals surface area contributed by atoms with Gasteiger partial charge < -0.3 is 15.3 Å². The van der Waals surface area contributed by atoms with Gasteiger partial charge in [-0.15, -0.1) is 0 Å². The van der Waals surface area contributed by atoms with Gasteiger partial charge in [-0.1, -0.05) is 0 Å². The Bertz CT molecular complexity index is 723. The number of hydrogen-bond donors (Lipinski definition) is 2. The van der Waals surface area contributed by atoms with E-state index in [1.165, 1.54) is 21.9 Å². The van der Waals surface area contributed by atoms with Crippen LogP contribution in [0, 0.1) is 11.2 Å². The first kappa shape index (κ1) is 16.2. The van der Waals surface area contributed by atoms with E-state index in [0.717, 1.165) is 6.07 Å². The molecule has 2 fully saturated rings. The zero-order chi connectivity index (χ0) is 17.5. The summed E-state index contributed by atoms with van der Waals surface area (Å²) in [6, 6.07) is 3.65. The number of rotatable bonds is 3. The minimum Gasteiger partial charge on any atom is -0.481 e. The first-order valence-electron chi connectivity index (χ1n) is 7.69. The molecule has 1 unspecified atom stereocenters. The molecule has 2 aliphatic heterocycles. The van der Waals surface area contributed by atoms with E-state index in [-0.39, 0.29) is 24.7 Å². The number of urea groups is 1. The van der Waals surface area contributed by atoms with Crippen LogP contribution in [-0.2, 0) is 4.79 Å². The van der Waals surface area contributed by atoms with Gasteiger partial charge in [0.15, 0.2) is 0 Å². The highest BCUT2D eigenvalue weighted by Crippen LogP contribution is 2.32. The molecule has 8 heteroatoms. The largest absolute Gasteiger partial charge is 0.481 e. The summed E-state index contributed by atoms with van der Waals surface area (Å²) >= 11 is 0. The number of anilines is 1. The Kier molecular flexibility index (Phi) is 3.90. The van der Waals surface area contributed by atoms with Crippen molar-refractivity contribution in [1.29, 1.82) is 0 Å². The van der Waals surface area contributed by atoms with Crippen LogP contribution in [0.5, 0.6) is 0 Å². The van der Waals surface area contributed by atoms with Gasteiger partial charge in [-0.25, -0.2) is 9.18 Å². The summed E-state index contributed by atoms with van der Waals surface area (Å²) in [7, 11) is 0. The summed E-state index contributed by atoms with van der Waals surface area (Å²) in [5, 5.41) is 11.9. The molecule has 0 bridgehead atoms. The fourth-order valence-corrected chi connectivity index (χ4v) is 3.04. The summed E-state index contributed by atoms with van der Waals surface area (Å²) in [5.74, 6) is -2.22. The SMILES string of the molecule is CC1(C(=O)O)CCN(C(=O)c2cc(N3CCNC3=O)ccc2F)C1. The Hall–Kier alpha value is -2.64. The van der Waals surface area contributed by atoms with Crippen LogP contribution in [-0.4, -0.2) is 54.1 Å². The van der Waals surface area contributed by atoms with Crippen LogP contribution in [0.4, 0.5) is 14.9 Å². The van der Waals surface area contributed by atoms with Crippen LogP contribution in [0.3, 0.4) is 0 Å². The average molecular weight is 335 g/mol.